The molecule has 0 saturated heterocycles. The molecule has 0 N–H and O–H groups in total. The van der Waals surface area contributed by atoms with Gasteiger partial charge in [-0.3, -0.25) is 0 Å². The van der Waals surface area contributed by atoms with E-state index in [0.717, 1.165) is 24.0 Å². The number of hydrogen-bond donors (Lipinski definition) is 0. The van der Waals surface area contributed by atoms with Gasteiger partial charge in [0.1, 0.15) is 0 Å². The largest absolute Gasteiger partial charge is 0.465 e. The molecule has 0 heterocycles. The smallest absolute Gasteiger partial charge is 0.338 e. The van der Waals surface area contributed by atoms with Crippen molar-refractivity contribution in [1.29, 1.82) is 0 Å². The van der Waals surface area contributed by atoms with E-state index in [2.05, 4.69) is 31.2 Å². The van der Waals surface area contributed by atoms with Gasteiger partial charge < -0.3 is 9.47 Å². The van der Waals surface area contributed by atoms with Crippen LogP contribution in [0.1, 0.15) is 59.9 Å². The molecule has 0 atom stereocenters. The van der Waals surface area contributed by atoms with Gasteiger partial charge in [-0.15, -0.1) is 5.73 Å². The molecule has 0 radical (unpaired) electrons. The van der Waals surface area contributed by atoms with Gasteiger partial charge in [-0.2, -0.15) is 0 Å². The summed E-state index contributed by atoms with van der Waals surface area (Å²) < 4.78 is 10.1. The summed E-state index contributed by atoms with van der Waals surface area (Å²) >= 11 is 0. The van der Waals surface area contributed by atoms with Crippen molar-refractivity contribution in [3.8, 4) is 0 Å². The van der Waals surface area contributed by atoms with Gasteiger partial charge in [-0.1, -0.05) is 44.2 Å². The molecule has 0 fully saturated rings. The van der Waals surface area contributed by atoms with Gasteiger partial charge in [0.15, 0.2) is 0 Å². The lowest BCUT2D eigenvalue weighted by Gasteiger charge is -2.24. The maximum atomic E-state index is 12.2. The molecule has 29 heavy (non-hydrogen) atoms. The summed E-state index contributed by atoms with van der Waals surface area (Å²) in [5.41, 5.74) is 6.42. The maximum absolute atomic E-state index is 12.2. The van der Waals surface area contributed by atoms with Crippen LogP contribution in [0.4, 0.5) is 0 Å². The molecule has 4 nitrogen and oxygen atoms in total. The number of rotatable bonds is 8. The third-order valence-corrected chi connectivity index (χ3v) is 4.58. The Hall–Kier alpha value is -3.10. The van der Waals surface area contributed by atoms with Crippen molar-refractivity contribution in [2.75, 3.05) is 13.7 Å². The quantitative estimate of drug-likeness (QED) is 0.427. The first kappa shape index (κ1) is 22.2. The molecule has 2 rings (SSSR count). The number of esters is 2. The summed E-state index contributed by atoms with van der Waals surface area (Å²) in [7, 11) is 1.32. The van der Waals surface area contributed by atoms with Crippen LogP contribution in [0.5, 0.6) is 0 Å². The molecule has 2 aromatic carbocycles. The van der Waals surface area contributed by atoms with Crippen molar-refractivity contribution < 1.29 is 19.1 Å². The normalized spacial score (nSPS) is 10.6. The van der Waals surface area contributed by atoms with Crippen LogP contribution in [0.3, 0.4) is 0 Å². The zero-order chi connectivity index (χ0) is 21.3. The Balaban J connectivity index is 1.85. The molecule has 0 spiro atoms. The van der Waals surface area contributed by atoms with Gasteiger partial charge in [0.2, 0.25) is 0 Å². The second-order valence-corrected chi connectivity index (χ2v) is 7.78. The number of methoxy groups -OCH3 is 1. The summed E-state index contributed by atoms with van der Waals surface area (Å²) in [6, 6.07) is 16.3. The summed E-state index contributed by atoms with van der Waals surface area (Å²) in [6.07, 6.45) is 3.59. The number of hydrogen-bond acceptors (Lipinski definition) is 4. The van der Waals surface area contributed by atoms with Crippen molar-refractivity contribution in [3.05, 3.63) is 82.6 Å². The van der Waals surface area contributed by atoms with E-state index in [1.54, 1.807) is 24.3 Å². The second kappa shape index (κ2) is 10.4. The van der Waals surface area contributed by atoms with Crippen LogP contribution in [0.15, 0.2) is 65.9 Å². The average Bonchev–Trinajstić information content (AvgIpc) is 2.72. The highest BCUT2D eigenvalue weighted by atomic mass is 16.5. The van der Waals surface area contributed by atoms with Crippen LogP contribution in [0.25, 0.3) is 6.08 Å². The van der Waals surface area contributed by atoms with Crippen LogP contribution in [0.2, 0.25) is 0 Å². The van der Waals surface area contributed by atoms with E-state index in [1.165, 1.54) is 7.11 Å². The van der Waals surface area contributed by atoms with Gasteiger partial charge in [-0.25, -0.2) is 9.59 Å². The summed E-state index contributed by atoms with van der Waals surface area (Å²) in [5, 5.41) is 0. The van der Waals surface area contributed by atoms with Crippen LogP contribution in [-0.4, -0.2) is 25.7 Å². The predicted molar refractivity (Wildman–Crippen MR) is 115 cm³/mol. The van der Waals surface area contributed by atoms with E-state index < -0.39 is 11.9 Å². The summed E-state index contributed by atoms with van der Waals surface area (Å²) in [6.45, 7) is 6.70. The number of benzene rings is 2. The molecule has 0 aliphatic rings. The van der Waals surface area contributed by atoms with Crippen LogP contribution in [0, 0.1) is 5.41 Å². The molecule has 2 aromatic rings. The zero-order valence-electron chi connectivity index (χ0n) is 17.5. The molecule has 0 saturated carbocycles. The fourth-order valence-corrected chi connectivity index (χ4v) is 2.98. The second-order valence-electron chi connectivity index (χ2n) is 7.78. The van der Waals surface area contributed by atoms with Gasteiger partial charge in [0, 0.05) is 0 Å². The summed E-state index contributed by atoms with van der Waals surface area (Å²) in [4.78, 5) is 23.6. The Morgan fingerprint density at radius 1 is 0.966 bits per heavy atom. The van der Waals surface area contributed by atoms with E-state index in [4.69, 9.17) is 4.74 Å². The molecule has 0 bridgehead atoms. The van der Waals surface area contributed by atoms with Crippen molar-refractivity contribution in [1.82, 2.24) is 0 Å². The van der Waals surface area contributed by atoms with Crippen molar-refractivity contribution >= 4 is 18.0 Å². The van der Waals surface area contributed by atoms with E-state index in [0.29, 0.717) is 17.7 Å². The number of allylic oxidation sites excluding steroid dienone is 1. The first-order valence-corrected chi connectivity index (χ1v) is 9.63. The minimum absolute atomic E-state index is 0.0172. The standard InChI is InChI=1S/C25H28O4/c1-19(10-11-20-8-6-5-7-9-20)18-25(2,3)16-17-29-24(27)22-14-12-21(13-15-22)23(26)28-4/h5-9,11-15H,16-18H2,1-4H3. The lowest BCUT2D eigenvalue weighted by Crippen LogP contribution is -2.17. The van der Waals surface area contributed by atoms with Gasteiger partial charge in [0.25, 0.3) is 0 Å². The number of carbonyl (C=O) groups excluding carboxylic acids is 2. The first-order chi connectivity index (χ1) is 13.8. The predicted octanol–water partition coefficient (Wildman–Crippen LogP) is 5.70. The highest BCUT2D eigenvalue weighted by Crippen LogP contribution is 2.28. The highest BCUT2D eigenvalue weighted by Gasteiger charge is 2.19. The molecule has 0 aliphatic heterocycles. The number of ether oxygens (including phenoxy) is 2. The van der Waals surface area contributed by atoms with Crippen molar-refractivity contribution in [2.24, 2.45) is 5.41 Å². The minimum atomic E-state index is -0.434. The Bertz CT molecular complexity index is 886. The lowest BCUT2D eigenvalue weighted by molar-refractivity contribution is 0.0456. The third kappa shape index (κ3) is 7.44. The summed E-state index contributed by atoms with van der Waals surface area (Å²) in [5.74, 6) is -0.829. The Labute approximate surface area is 172 Å². The van der Waals surface area contributed by atoms with Crippen molar-refractivity contribution in [2.45, 2.75) is 33.6 Å². The fourth-order valence-electron chi connectivity index (χ4n) is 2.98. The first-order valence-electron chi connectivity index (χ1n) is 9.63. The Morgan fingerprint density at radius 2 is 1.55 bits per heavy atom. The van der Waals surface area contributed by atoms with E-state index >= 15 is 0 Å². The number of carbonyl (C=O) groups is 2. The monoisotopic (exact) mass is 392 g/mol. The lowest BCUT2D eigenvalue weighted by atomic mass is 9.83. The maximum Gasteiger partial charge on any atom is 0.338 e. The average molecular weight is 392 g/mol. The Kier molecular flexibility index (Phi) is 7.99. The van der Waals surface area contributed by atoms with Crippen LogP contribution >= 0.6 is 0 Å². The van der Waals surface area contributed by atoms with Crippen LogP contribution in [-0.2, 0) is 9.47 Å². The third-order valence-electron chi connectivity index (χ3n) is 4.58. The van der Waals surface area contributed by atoms with E-state index in [-0.39, 0.29) is 5.41 Å². The molecular formula is C25H28O4. The van der Waals surface area contributed by atoms with Crippen LogP contribution < -0.4 is 0 Å². The minimum Gasteiger partial charge on any atom is -0.465 e. The molecular weight excluding hydrogens is 364 g/mol. The molecule has 0 aliphatic carbocycles. The van der Waals surface area contributed by atoms with Crippen molar-refractivity contribution in [3.63, 3.8) is 0 Å². The molecule has 0 unspecified atom stereocenters. The topological polar surface area (TPSA) is 52.6 Å². The SMILES string of the molecule is COC(=O)c1ccc(C(=O)OCCC(C)(C)CC(C)=C=Cc2ccccc2)cc1. The Morgan fingerprint density at radius 3 is 2.14 bits per heavy atom. The zero-order valence-corrected chi connectivity index (χ0v) is 17.5. The fraction of sp³-hybridized carbons (Fsp3) is 0.320. The van der Waals surface area contributed by atoms with E-state index in [1.807, 2.05) is 36.4 Å². The molecule has 152 valence electrons. The molecule has 0 amide bonds. The molecule has 0 aromatic heterocycles. The van der Waals surface area contributed by atoms with Gasteiger partial charge in [-0.05, 0) is 66.7 Å². The molecule has 4 heteroatoms. The van der Waals surface area contributed by atoms with E-state index in [9.17, 15) is 9.59 Å². The van der Waals surface area contributed by atoms with Gasteiger partial charge >= 0.3 is 11.9 Å². The van der Waals surface area contributed by atoms with Gasteiger partial charge in [0.05, 0.1) is 24.8 Å². The highest BCUT2D eigenvalue weighted by molar-refractivity contribution is 5.93.